The summed E-state index contributed by atoms with van der Waals surface area (Å²) in [5.41, 5.74) is 0.900. The molecule has 0 aromatic carbocycles. The van der Waals surface area contributed by atoms with Crippen LogP contribution >= 0.6 is 24.0 Å². The maximum atomic E-state index is 5.53. The van der Waals surface area contributed by atoms with Crippen LogP contribution in [0.25, 0.3) is 11.6 Å². The Hall–Kier alpha value is -2.37. The molecular weight excluding hydrogens is 449 g/mol. The third-order valence-electron chi connectivity index (χ3n) is 3.63. The Morgan fingerprint density at radius 1 is 1.27 bits per heavy atom. The Balaban J connectivity index is 0.00000243. The van der Waals surface area contributed by atoms with Crippen LogP contribution in [0.2, 0.25) is 0 Å². The molecule has 0 aliphatic rings. The SMILES string of the molecule is CN=C(NCCc1nc(-c2ccco2)n[nH]1)NCc1nc(C)c(C)o1.I. The van der Waals surface area contributed by atoms with Gasteiger partial charge in [-0.1, -0.05) is 0 Å². The summed E-state index contributed by atoms with van der Waals surface area (Å²) in [5.74, 6) is 4.10. The number of rotatable bonds is 6. The van der Waals surface area contributed by atoms with Crippen molar-refractivity contribution in [2.24, 2.45) is 4.99 Å². The van der Waals surface area contributed by atoms with Gasteiger partial charge < -0.3 is 19.5 Å². The zero-order chi connectivity index (χ0) is 17.6. The van der Waals surface area contributed by atoms with Gasteiger partial charge in [0.15, 0.2) is 11.7 Å². The lowest BCUT2D eigenvalue weighted by Gasteiger charge is -2.09. The standard InChI is InChI=1S/C16H21N7O2.HI/c1-10-11(2)25-14(20-10)9-19-16(17-3)18-7-6-13-21-15(23-22-13)12-5-4-8-24-12;/h4-5,8H,6-7,9H2,1-3H3,(H2,17,18,19)(H,21,22,23);1H. The Kier molecular flexibility index (Phi) is 7.18. The van der Waals surface area contributed by atoms with E-state index < -0.39 is 0 Å². The van der Waals surface area contributed by atoms with Gasteiger partial charge in [0.2, 0.25) is 11.7 Å². The lowest BCUT2D eigenvalue weighted by Crippen LogP contribution is -2.38. The second kappa shape index (κ2) is 9.36. The van der Waals surface area contributed by atoms with Crippen molar-refractivity contribution >= 4 is 29.9 Å². The van der Waals surface area contributed by atoms with Gasteiger partial charge in [-0.3, -0.25) is 10.1 Å². The number of aryl methyl sites for hydroxylation is 2. The largest absolute Gasteiger partial charge is 0.461 e. The summed E-state index contributed by atoms with van der Waals surface area (Å²) in [5, 5.41) is 13.4. The molecule has 0 radical (unpaired) electrons. The molecule has 9 nitrogen and oxygen atoms in total. The Bertz CT molecular complexity index is 819. The zero-order valence-electron chi connectivity index (χ0n) is 14.9. The highest BCUT2D eigenvalue weighted by molar-refractivity contribution is 14.0. The molecule has 0 aliphatic heterocycles. The molecule has 0 saturated heterocycles. The van der Waals surface area contributed by atoms with Crippen LogP contribution in [0.3, 0.4) is 0 Å². The Labute approximate surface area is 168 Å². The van der Waals surface area contributed by atoms with Crippen molar-refractivity contribution in [1.82, 2.24) is 30.8 Å². The number of aliphatic imine (C=N–C) groups is 1. The van der Waals surface area contributed by atoms with Crippen molar-refractivity contribution in [1.29, 1.82) is 0 Å². The topological polar surface area (TPSA) is 117 Å². The molecule has 0 atom stereocenters. The minimum absolute atomic E-state index is 0. The van der Waals surface area contributed by atoms with Crippen molar-refractivity contribution < 1.29 is 8.83 Å². The second-order valence-corrected chi connectivity index (χ2v) is 5.43. The number of halogens is 1. The Morgan fingerprint density at radius 2 is 2.12 bits per heavy atom. The molecule has 0 amide bonds. The number of H-pyrrole nitrogens is 1. The molecule has 10 heteroatoms. The van der Waals surface area contributed by atoms with Crippen LogP contribution in [0.1, 0.15) is 23.2 Å². The van der Waals surface area contributed by atoms with E-state index in [1.54, 1.807) is 19.4 Å². The lowest BCUT2D eigenvalue weighted by atomic mass is 10.4. The summed E-state index contributed by atoms with van der Waals surface area (Å²) in [7, 11) is 1.71. The molecule has 0 unspecified atom stereocenters. The van der Waals surface area contributed by atoms with Gasteiger partial charge in [-0.05, 0) is 26.0 Å². The number of furan rings is 1. The molecule has 0 spiro atoms. The minimum Gasteiger partial charge on any atom is -0.461 e. The molecule has 0 bridgehead atoms. The zero-order valence-corrected chi connectivity index (χ0v) is 17.2. The molecule has 140 valence electrons. The molecule has 3 aromatic heterocycles. The highest BCUT2D eigenvalue weighted by atomic mass is 127. The molecule has 0 aliphatic carbocycles. The summed E-state index contributed by atoms with van der Waals surface area (Å²) in [6.45, 7) is 4.94. The first-order valence-electron chi connectivity index (χ1n) is 7.98. The smallest absolute Gasteiger partial charge is 0.216 e. The van der Waals surface area contributed by atoms with Gasteiger partial charge in [-0.25, -0.2) is 9.97 Å². The van der Waals surface area contributed by atoms with Crippen molar-refractivity contribution in [3.8, 4) is 11.6 Å². The number of hydrogen-bond donors (Lipinski definition) is 3. The van der Waals surface area contributed by atoms with Gasteiger partial charge in [0, 0.05) is 20.0 Å². The fourth-order valence-corrected chi connectivity index (χ4v) is 2.22. The first-order valence-corrected chi connectivity index (χ1v) is 7.98. The lowest BCUT2D eigenvalue weighted by molar-refractivity contribution is 0.463. The van der Waals surface area contributed by atoms with E-state index in [-0.39, 0.29) is 24.0 Å². The molecule has 3 N–H and O–H groups in total. The molecule has 0 fully saturated rings. The summed E-state index contributed by atoms with van der Waals surface area (Å²) >= 11 is 0. The van der Waals surface area contributed by atoms with Crippen LogP contribution in [-0.2, 0) is 13.0 Å². The van der Waals surface area contributed by atoms with E-state index in [9.17, 15) is 0 Å². The fraction of sp³-hybridized carbons (Fsp3) is 0.375. The van der Waals surface area contributed by atoms with Gasteiger partial charge >= 0.3 is 0 Å². The van der Waals surface area contributed by atoms with Crippen LogP contribution in [0, 0.1) is 13.8 Å². The average Bonchev–Trinajstić information content (AvgIpc) is 3.33. The molecule has 3 heterocycles. The highest BCUT2D eigenvalue weighted by Crippen LogP contribution is 2.14. The number of aromatic amines is 1. The summed E-state index contributed by atoms with van der Waals surface area (Å²) < 4.78 is 10.8. The number of nitrogens with zero attached hydrogens (tertiary/aromatic N) is 4. The van der Waals surface area contributed by atoms with Gasteiger partial charge in [0.05, 0.1) is 18.5 Å². The summed E-state index contributed by atoms with van der Waals surface area (Å²) in [6, 6.07) is 3.63. The third kappa shape index (κ3) is 5.07. The van der Waals surface area contributed by atoms with Crippen molar-refractivity contribution in [2.45, 2.75) is 26.8 Å². The van der Waals surface area contributed by atoms with Crippen molar-refractivity contribution in [3.63, 3.8) is 0 Å². The minimum atomic E-state index is 0. The van der Waals surface area contributed by atoms with Crippen LogP contribution in [0.4, 0.5) is 0 Å². The van der Waals surface area contributed by atoms with E-state index in [4.69, 9.17) is 8.83 Å². The van der Waals surface area contributed by atoms with E-state index in [2.05, 4.69) is 35.8 Å². The maximum absolute atomic E-state index is 5.53. The van der Waals surface area contributed by atoms with Gasteiger partial charge in [0.25, 0.3) is 0 Å². The monoisotopic (exact) mass is 471 g/mol. The highest BCUT2D eigenvalue weighted by Gasteiger charge is 2.09. The number of oxazole rings is 1. The van der Waals surface area contributed by atoms with Crippen LogP contribution < -0.4 is 10.6 Å². The molecule has 0 saturated carbocycles. The maximum Gasteiger partial charge on any atom is 0.216 e. The first kappa shape index (κ1) is 19.9. The average molecular weight is 471 g/mol. The van der Waals surface area contributed by atoms with Gasteiger partial charge in [-0.15, -0.1) is 24.0 Å². The number of guanidine groups is 1. The first-order chi connectivity index (χ1) is 12.2. The molecular formula is C16H22IN7O2. The quantitative estimate of drug-likeness (QED) is 0.287. The third-order valence-corrected chi connectivity index (χ3v) is 3.63. The van der Waals surface area contributed by atoms with E-state index in [0.717, 1.165) is 17.3 Å². The number of hydrogen-bond acceptors (Lipinski definition) is 6. The molecule has 3 aromatic rings. The second-order valence-electron chi connectivity index (χ2n) is 5.43. The van der Waals surface area contributed by atoms with Gasteiger partial charge in [0.1, 0.15) is 11.6 Å². The predicted octanol–water partition coefficient (Wildman–Crippen LogP) is 2.20. The van der Waals surface area contributed by atoms with Crippen molar-refractivity contribution in [3.05, 3.63) is 41.6 Å². The van der Waals surface area contributed by atoms with Gasteiger partial charge in [-0.2, -0.15) is 5.10 Å². The van der Waals surface area contributed by atoms with E-state index in [0.29, 0.717) is 42.9 Å². The van der Waals surface area contributed by atoms with E-state index in [1.807, 2.05) is 19.9 Å². The van der Waals surface area contributed by atoms with E-state index in [1.165, 1.54) is 0 Å². The molecule has 26 heavy (non-hydrogen) atoms. The normalized spacial score (nSPS) is 11.3. The number of nitrogens with one attached hydrogen (secondary N) is 3. The van der Waals surface area contributed by atoms with Crippen molar-refractivity contribution in [2.75, 3.05) is 13.6 Å². The van der Waals surface area contributed by atoms with E-state index >= 15 is 0 Å². The summed E-state index contributed by atoms with van der Waals surface area (Å²) in [4.78, 5) is 12.9. The van der Waals surface area contributed by atoms with Crippen LogP contribution in [0.15, 0.2) is 32.2 Å². The summed E-state index contributed by atoms with van der Waals surface area (Å²) in [6.07, 6.45) is 2.27. The predicted molar refractivity (Wildman–Crippen MR) is 107 cm³/mol. The van der Waals surface area contributed by atoms with Crippen LogP contribution in [0.5, 0.6) is 0 Å². The van der Waals surface area contributed by atoms with Crippen LogP contribution in [-0.4, -0.2) is 39.7 Å². The Morgan fingerprint density at radius 3 is 2.77 bits per heavy atom. The number of aromatic nitrogens is 4. The fourth-order valence-electron chi connectivity index (χ4n) is 2.22. The molecule has 3 rings (SSSR count).